The van der Waals surface area contributed by atoms with Crippen molar-refractivity contribution in [3.63, 3.8) is 0 Å². The van der Waals surface area contributed by atoms with Gasteiger partial charge in [-0.25, -0.2) is 0 Å². The molecule has 3 aromatic rings. The van der Waals surface area contributed by atoms with E-state index in [0.29, 0.717) is 28.0 Å². The molecule has 0 fully saturated rings. The first kappa shape index (κ1) is 16.5. The molecule has 0 N–H and O–H groups in total. The zero-order valence-electron chi connectivity index (χ0n) is 14.6. The second-order valence-electron chi connectivity index (χ2n) is 5.90. The molecule has 2 unspecified atom stereocenters. The van der Waals surface area contributed by atoms with Gasteiger partial charge >= 0.3 is 0 Å². The molecule has 6 heteroatoms. The number of rotatable bonds is 4. The Kier molecular flexibility index (Phi) is 4.05. The van der Waals surface area contributed by atoms with Crippen LogP contribution in [0.25, 0.3) is 11.0 Å². The summed E-state index contributed by atoms with van der Waals surface area (Å²) in [6.45, 7) is 0. The molecule has 134 valence electrons. The lowest BCUT2D eigenvalue weighted by Crippen LogP contribution is -2.38. The van der Waals surface area contributed by atoms with Crippen LogP contribution in [0.3, 0.4) is 0 Å². The number of benzene rings is 2. The largest absolute Gasteiger partial charge is 0.492 e. The van der Waals surface area contributed by atoms with Gasteiger partial charge in [-0.3, -0.25) is 4.79 Å². The lowest BCUT2D eigenvalue weighted by Gasteiger charge is -2.33. The fraction of sp³-hybridized carbons (Fsp3) is 0.250. The number of hydrogen-bond donors (Lipinski definition) is 0. The van der Waals surface area contributed by atoms with Gasteiger partial charge < -0.3 is 23.4 Å². The number of hydrogen-bond acceptors (Lipinski definition) is 6. The van der Waals surface area contributed by atoms with Gasteiger partial charge in [0.1, 0.15) is 11.3 Å². The van der Waals surface area contributed by atoms with Crippen LogP contribution in [-0.2, 0) is 4.74 Å². The van der Waals surface area contributed by atoms with E-state index in [2.05, 4.69) is 0 Å². The molecule has 26 heavy (non-hydrogen) atoms. The minimum absolute atomic E-state index is 0.221. The van der Waals surface area contributed by atoms with Crippen molar-refractivity contribution in [2.45, 2.75) is 12.2 Å². The van der Waals surface area contributed by atoms with Gasteiger partial charge in [-0.2, -0.15) is 0 Å². The Morgan fingerprint density at radius 3 is 2.35 bits per heavy atom. The predicted molar refractivity (Wildman–Crippen MR) is 94.3 cm³/mol. The fourth-order valence-corrected chi connectivity index (χ4v) is 3.43. The van der Waals surface area contributed by atoms with Crippen molar-refractivity contribution in [1.29, 1.82) is 0 Å². The van der Waals surface area contributed by atoms with E-state index in [1.807, 2.05) is 30.3 Å². The third-order valence-electron chi connectivity index (χ3n) is 4.59. The summed E-state index contributed by atoms with van der Waals surface area (Å²) < 4.78 is 28.2. The highest BCUT2D eigenvalue weighted by Crippen LogP contribution is 2.50. The molecule has 4 rings (SSSR count). The Balaban J connectivity index is 1.99. The van der Waals surface area contributed by atoms with E-state index in [0.717, 1.165) is 5.56 Å². The Bertz CT molecular complexity index is 959. The summed E-state index contributed by atoms with van der Waals surface area (Å²) in [5.74, 6) is 0.833. The van der Waals surface area contributed by atoms with Gasteiger partial charge in [-0.05, 0) is 11.6 Å². The van der Waals surface area contributed by atoms with Gasteiger partial charge in [-0.15, -0.1) is 0 Å². The maximum absolute atomic E-state index is 13.3. The lowest BCUT2D eigenvalue weighted by atomic mass is 9.91. The highest BCUT2D eigenvalue weighted by Gasteiger charge is 2.43. The summed E-state index contributed by atoms with van der Waals surface area (Å²) in [5, 5.41) is 0.654. The van der Waals surface area contributed by atoms with Crippen LogP contribution < -0.4 is 14.2 Å². The molecule has 0 bridgehead atoms. The van der Waals surface area contributed by atoms with E-state index in [9.17, 15) is 4.79 Å². The zero-order chi connectivity index (χ0) is 18.3. The number of ketones is 1. The zero-order valence-corrected chi connectivity index (χ0v) is 14.6. The number of ether oxygens (including phenoxy) is 4. The van der Waals surface area contributed by atoms with Crippen LogP contribution in [-0.4, -0.2) is 33.2 Å². The minimum atomic E-state index is -0.798. The van der Waals surface area contributed by atoms with Crippen LogP contribution in [0.2, 0.25) is 0 Å². The smallest absolute Gasteiger partial charge is 0.205 e. The molecule has 1 aliphatic rings. The molecule has 0 amide bonds. The average molecular weight is 354 g/mol. The quantitative estimate of drug-likeness (QED) is 0.710. The average Bonchev–Trinajstić information content (AvgIpc) is 3.17. The van der Waals surface area contributed by atoms with Gasteiger partial charge in [0.15, 0.2) is 23.5 Å². The van der Waals surface area contributed by atoms with Crippen molar-refractivity contribution >= 4 is 16.8 Å². The molecule has 6 nitrogen and oxygen atoms in total. The number of carbonyl (C=O) groups excluding carboxylic acids is 1. The summed E-state index contributed by atoms with van der Waals surface area (Å²) in [4.78, 5) is 13.3. The van der Waals surface area contributed by atoms with Crippen molar-refractivity contribution in [2.75, 3.05) is 21.3 Å². The lowest BCUT2D eigenvalue weighted by molar-refractivity contribution is -0.000401. The molecule has 0 radical (unpaired) electrons. The third kappa shape index (κ3) is 2.26. The van der Waals surface area contributed by atoms with Crippen LogP contribution in [0, 0.1) is 0 Å². The van der Waals surface area contributed by atoms with Crippen molar-refractivity contribution < 1.29 is 28.2 Å². The summed E-state index contributed by atoms with van der Waals surface area (Å²) in [6, 6.07) is 11.3. The van der Waals surface area contributed by atoms with Crippen molar-refractivity contribution in [3.05, 3.63) is 53.8 Å². The maximum Gasteiger partial charge on any atom is 0.205 e. The van der Waals surface area contributed by atoms with Crippen molar-refractivity contribution in [1.82, 2.24) is 0 Å². The van der Waals surface area contributed by atoms with Crippen LogP contribution in [0.5, 0.6) is 17.2 Å². The van der Waals surface area contributed by atoms with E-state index in [4.69, 9.17) is 23.4 Å². The van der Waals surface area contributed by atoms with Crippen molar-refractivity contribution in [3.8, 4) is 17.2 Å². The fourth-order valence-electron chi connectivity index (χ4n) is 3.43. The maximum atomic E-state index is 13.3. The third-order valence-corrected chi connectivity index (χ3v) is 4.59. The molecular weight excluding hydrogens is 336 g/mol. The second-order valence-corrected chi connectivity index (χ2v) is 5.90. The first-order valence-electron chi connectivity index (χ1n) is 8.15. The first-order chi connectivity index (χ1) is 12.7. The van der Waals surface area contributed by atoms with E-state index in [1.54, 1.807) is 6.07 Å². The molecule has 1 aromatic heterocycles. The molecule has 0 saturated carbocycles. The molecule has 0 spiro atoms. The molecule has 2 heterocycles. The SMILES string of the molecule is COc1c2c(c3ccoc3c1OC)OC(c1ccccc1)C(OC)C2=O. The van der Waals surface area contributed by atoms with E-state index in [1.165, 1.54) is 27.6 Å². The number of fused-ring (bicyclic) bond motifs is 3. The Labute approximate surface area is 150 Å². The Morgan fingerprint density at radius 1 is 0.962 bits per heavy atom. The van der Waals surface area contributed by atoms with Crippen LogP contribution in [0.4, 0.5) is 0 Å². The van der Waals surface area contributed by atoms with E-state index in [-0.39, 0.29) is 11.5 Å². The highest BCUT2D eigenvalue weighted by molar-refractivity contribution is 6.12. The normalized spacial score (nSPS) is 19.1. The molecular formula is C20H18O6. The van der Waals surface area contributed by atoms with Gasteiger partial charge in [-0.1, -0.05) is 30.3 Å². The summed E-state index contributed by atoms with van der Waals surface area (Å²) in [6.07, 6.45) is 0.158. The summed E-state index contributed by atoms with van der Waals surface area (Å²) >= 11 is 0. The van der Waals surface area contributed by atoms with E-state index < -0.39 is 12.2 Å². The number of carbonyl (C=O) groups is 1. The first-order valence-corrected chi connectivity index (χ1v) is 8.15. The predicted octanol–water partition coefficient (Wildman–Crippen LogP) is 3.78. The van der Waals surface area contributed by atoms with Crippen LogP contribution in [0.15, 0.2) is 47.1 Å². The van der Waals surface area contributed by atoms with Gasteiger partial charge in [0.25, 0.3) is 0 Å². The molecule has 0 aliphatic carbocycles. The molecule has 2 atom stereocenters. The summed E-state index contributed by atoms with van der Waals surface area (Å²) in [7, 11) is 4.47. The topological polar surface area (TPSA) is 67.1 Å². The summed E-state index contributed by atoms with van der Waals surface area (Å²) in [5.41, 5.74) is 1.63. The van der Waals surface area contributed by atoms with Gasteiger partial charge in [0, 0.05) is 7.11 Å². The minimum Gasteiger partial charge on any atom is -0.492 e. The number of methoxy groups -OCH3 is 3. The number of furan rings is 1. The highest BCUT2D eigenvalue weighted by atomic mass is 16.5. The monoisotopic (exact) mass is 354 g/mol. The molecule has 1 aliphatic heterocycles. The molecule has 2 aromatic carbocycles. The van der Waals surface area contributed by atoms with Crippen LogP contribution in [0.1, 0.15) is 22.0 Å². The second kappa shape index (κ2) is 6.38. The Morgan fingerprint density at radius 2 is 1.69 bits per heavy atom. The van der Waals surface area contributed by atoms with Gasteiger partial charge in [0.05, 0.1) is 25.9 Å². The van der Waals surface area contributed by atoms with Crippen LogP contribution >= 0.6 is 0 Å². The number of Topliss-reactive ketones (excluding diaryl/α,β-unsaturated/α-hetero) is 1. The Hall–Kier alpha value is -2.99. The van der Waals surface area contributed by atoms with Crippen molar-refractivity contribution in [2.24, 2.45) is 0 Å². The molecule has 0 saturated heterocycles. The standard InChI is InChI=1S/C20H18O6/c1-22-18-13-14(21)19(23-2)15(11-7-5-4-6-8-11)26-16(13)12-9-10-25-17(12)20(18)24-3/h4-10,15,19H,1-3H3. The van der Waals surface area contributed by atoms with Gasteiger partial charge in [0.2, 0.25) is 11.5 Å². The van der Waals surface area contributed by atoms with E-state index >= 15 is 0 Å².